The van der Waals surface area contributed by atoms with E-state index in [0.717, 1.165) is 28.0 Å². The van der Waals surface area contributed by atoms with E-state index < -0.39 is 16.4 Å². The lowest BCUT2D eigenvalue weighted by atomic mass is 9.99. The van der Waals surface area contributed by atoms with Crippen LogP contribution in [0, 0.1) is 0 Å². The van der Waals surface area contributed by atoms with Gasteiger partial charge in [-0.2, -0.15) is 4.31 Å². The molecule has 176 valence electrons. The van der Waals surface area contributed by atoms with Crippen molar-refractivity contribution >= 4 is 28.7 Å². The molecule has 0 saturated carbocycles. The van der Waals surface area contributed by atoms with Gasteiger partial charge in [-0.15, -0.1) is 11.8 Å². The van der Waals surface area contributed by atoms with E-state index in [1.54, 1.807) is 4.31 Å². The van der Waals surface area contributed by atoms with E-state index in [4.69, 9.17) is 0 Å². The number of carbonyl (C=O) groups excluding carboxylic acids is 1. The van der Waals surface area contributed by atoms with Crippen molar-refractivity contribution in [3.63, 3.8) is 0 Å². The SMILES string of the molecule is O=C(NC(c1ccccc1)c1ccccc1)C1SCCN1S(=O)c1ccc(-c2ccccc2)cc1. The van der Waals surface area contributed by atoms with Crippen LogP contribution in [0.3, 0.4) is 0 Å². The fraction of sp³-hybridized carbons (Fsp3) is 0.138. The number of nitrogens with one attached hydrogen (secondary N) is 1. The molecular formula is C29H26N2O2S2. The molecule has 2 atom stereocenters. The molecule has 2 unspecified atom stereocenters. The molecule has 0 aromatic heterocycles. The molecule has 1 aliphatic rings. The summed E-state index contributed by atoms with van der Waals surface area (Å²) in [5.74, 6) is 0.632. The maximum Gasteiger partial charge on any atom is 0.249 e. The predicted octanol–water partition coefficient (Wildman–Crippen LogP) is 5.66. The van der Waals surface area contributed by atoms with E-state index in [0.29, 0.717) is 11.4 Å². The maximum atomic E-state index is 13.5. The van der Waals surface area contributed by atoms with Crippen molar-refractivity contribution in [2.45, 2.75) is 16.3 Å². The van der Waals surface area contributed by atoms with Crippen molar-refractivity contribution < 1.29 is 9.00 Å². The van der Waals surface area contributed by atoms with Gasteiger partial charge in [0.1, 0.15) is 16.4 Å². The Morgan fingerprint density at radius 2 is 1.29 bits per heavy atom. The second-order valence-electron chi connectivity index (χ2n) is 8.27. The number of hydrogen-bond donors (Lipinski definition) is 1. The summed E-state index contributed by atoms with van der Waals surface area (Å²) in [6, 6.07) is 37.5. The van der Waals surface area contributed by atoms with E-state index >= 15 is 0 Å². The molecule has 4 nitrogen and oxygen atoms in total. The summed E-state index contributed by atoms with van der Waals surface area (Å²) in [6.07, 6.45) is 0. The van der Waals surface area contributed by atoms with Gasteiger partial charge >= 0.3 is 0 Å². The molecule has 1 aliphatic heterocycles. The first-order chi connectivity index (χ1) is 17.2. The number of hydrogen-bond acceptors (Lipinski definition) is 3. The summed E-state index contributed by atoms with van der Waals surface area (Å²) < 4.78 is 15.3. The molecule has 0 bridgehead atoms. The van der Waals surface area contributed by atoms with Gasteiger partial charge in [-0.25, -0.2) is 4.21 Å². The Balaban J connectivity index is 1.34. The minimum Gasteiger partial charge on any atom is -0.343 e. The summed E-state index contributed by atoms with van der Waals surface area (Å²) in [5.41, 5.74) is 4.22. The number of rotatable bonds is 7. The minimum atomic E-state index is -1.43. The zero-order valence-corrected chi connectivity index (χ0v) is 20.8. The standard InChI is InChI=1S/C29H26N2O2S2/c32-28(30-27(24-12-6-2-7-13-24)25-14-8-3-9-15-25)29-31(20-21-34-29)35(33)26-18-16-23(17-19-26)22-10-4-1-5-11-22/h1-19,27,29H,20-21H2,(H,30,32). The molecule has 6 heteroatoms. The first-order valence-electron chi connectivity index (χ1n) is 11.6. The van der Waals surface area contributed by atoms with E-state index in [2.05, 4.69) is 17.4 Å². The molecular weight excluding hydrogens is 472 g/mol. The summed E-state index contributed by atoms with van der Waals surface area (Å²) in [6.45, 7) is 0.594. The lowest BCUT2D eigenvalue weighted by Crippen LogP contribution is -2.44. The molecule has 35 heavy (non-hydrogen) atoms. The third-order valence-electron chi connectivity index (χ3n) is 6.00. The van der Waals surface area contributed by atoms with Gasteiger partial charge in [-0.1, -0.05) is 103 Å². The molecule has 1 saturated heterocycles. The highest BCUT2D eigenvalue weighted by molar-refractivity contribution is 8.01. The van der Waals surface area contributed by atoms with Crippen LogP contribution < -0.4 is 5.32 Å². The van der Waals surface area contributed by atoms with Crippen molar-refractivity contribution in [3.8, 4) is 11.1 Å². The molecule has 5 rings (SSSR count). The van der Waals surface area contributed by atoms with Crippen LogP contribution >= 0.6 is 11.8 Å². The molecule has 1 amide bonds. The fourth-order valence-electron chi connectivity index (χ4n) is 4.22. The molecule has 4 aromatic carbocycles. The maximum absolute atomic E-state index is 13.5. The van der Waals surface area contributed by atoms with Crippen molar-refractivity contribution in [1.82, 2.24) is 9.62 Å². The largest absolute Gasteiger partial charge is 0.343 e. The Hall–Kier alpha value is -3.19. The second kappa shape index (κ2) is 11.0. The molecule has 0 aliphatic carbocycles. The lowest BCUT2D eigenvalue weighted by Gasteiger charge is -2.25. The van der Waals surface area contributed by atoms with Crippen LogP contribution in [0.15, 0.2) is 120 Å². The highest BCUT2D eigenvalue weighted by Crippen LogP contribution is 2.31. The van der Waals surface area contributed by atoms with E-state index in [-0.39, 0.29) is 11.9 Å². The first kappa shape index (κ1) is 23.5. The average Bonchev–Trinajstić information content (AvgIpc) is 3.43. The molecule has 1 N–H and O–H groups in total. The molecule has 0 spiro atoms. The van der Waals surface area contributed by atoms with Gasteiger partial charge < -0.3 is 5.32 Å². The van der Waals surface area contributed by atoms with E-state index in [1.807, 2.05) is 103 Å². The second-order valence-corrected chi connectivity index (χ2v) is 10.9. The topological polar surface area (TPSA) is 49.4 Å². The zero-order valence-electron chi connectivity index (χ0n) is 19.1. The molecule has 0 radical (unpaired) electrons. The normalized spacial score (nSPS) is 16.8. The van der Waals surface area contributed by atoms with E-state index in [1.165, 1.54) is 11.8 Å². The van der Waals surface area contributed by atoms with Gasteiger partial charge in [0.2, 0.25) is 5.91 Å². The summed E-state index contributed by atoms with van der Waals surface area (Å²) >= 11 is 1.53. The summed E-state index contributed by atoms with van der Waals surface area (Å²) in [7, 11) is -1.43. The summed E-state index contributed by atoms with van der Waals surface area (Å²) in [5, 5.41) is 2.71. The highest BCUT2D eigenvalue weighted by Gasteiger charge is 2.36. The number of carbonyl (C=O) groups is 1. The monoisotopic (exact) mass is 498 g/mol. The van der Waals surface area contributed by atoms with Crippen LogP contribution in [0.25, 0.3) is 11.1 Å². The molecule has 1 heterocycles. The van der Waals surface area contributed by atoms with Gasteiger partial charge in [0.05, 0.1) is 10.9 Å². The average molecular weight is 499 g/mol. The van der Waals surface area contributed by atoms with Crippen LogP contribution in [0.1, 0.15) is 17.2 Å². The van der Waals surface area contributed by atoms with Crippen LogP contribution in [0.5, 0.6) is 0 Å². The summed E-state index contributed by atoms with van der Waals surface area (Å²) in [4.78, 5) is 14.2. The van der Waals surface area contributed by atoms with Gasteiger partial charge in [0, 0.05) is 12.3 Å². The number of thioether (sulfide) groups is 1. The predicted molar refractivity (Wildman–Crippen MR) is 144 cm³/mol. The third kappa shape index (κ3) is 5.40. The smallest absolute Gasteiger partial charge is 0.249 e. The van der Waals surface area contributed by atoms with Gasteiger partial charge in [-0.05, 0) is 34.4 Å². The first-order valence-corrected chi connectivity index (χ1v) is 13.7. The van der Waals surface area contributed by atoms with Crippen molar-refractivity contribution in [1.29, 1.82) is 0 Å². The Labute approximate surface area is 213 Å². The Bertz CT molecular complexity index is 1240. The Morgan fingerprint density at radius 3 is 1.86 bits per heavy atom. The zero-order chi connectivity index (χ0) is 24.0. The molecule has 1 fully saturated rings. The van der Waals surface area contributed by atoms with Crippen molar-refractivity contribution in [2.24, 2.45) is 0 Å². The minimum absolute atomic E-state index is 0.125. The van der Waals surface area contributed by atoms with Gasteiger partial charge in [0.25, 0.3) is 0 Å². The van der Waals surface area contributed by atoms with Gasteiger partial charge in [0.15, 0.2) is 0 Å². The number of benzene rings is 4. The number of amides is 1. The van der Waals surface area contributed by atoms with Crippen LogP contribution in [0.4, 0.5) is 0 Å². The lowest BCUT2D eigenvalue weighted by molar-refractivity contribution is -0.122. The van der Waals surface area contributed by atoms with E-state index in [9.17, 15) is 9.00 Å². The van der Waals surface area contributed by atoms with Crippen molar-refractivity contribution in [3.05, 3.63) is 126 Å². The van der Waals surface area contributed by atoms with Crippen LogP contribution in [-0.4, -0.2) is 32.1 Å². The fourth-order valence-corrected chi connectivity index (χ4v) is 6.94. The quantitative estimate of drug-likeness (QED) is 0.358. The number of nitrogens with zero attached hydrogens (tertiary/aromatic N) is 1. The Kier molecular flexibility index (Phi) is 7.42. The van der Waals surface area contributed by atoms with Crippen LogP contribution in [-0.2, 0) is 15.8 Å². The van der Waals surface area contributed by atoms with Crippen molar-refractivity contribution in [2.75, 3.05) is 12.3 Å². The third-order valence-corrected chi connectivity index (χ3v) is 8.83. The Morgan fingerprint density at radius 1 is 0.771 bits per heavy atom. The van der Waals surface area contributed by atoms with Gasteiger partial charge in [-0.3, -0.25) is 4.79 Å². The highest BCUT2D eigenvalue weighted by atomic mass is 32.2. The van der Waals surface area contributed by atoms with Crippen LogP contribution in [0.2, 0.25) is 0 Å². The molecule has 4 aromatic rings.